The summed E-state index contributed by atoms with van der Waals surface area (Å²) in [6, 6.07) is 17.8. The third-order valence-electron chi connectivity index (χ3n) is 2.37. The SMILES string of the molecule is OCCCSc1ccc(Oc2ccccc2)cc1. The van der Waals surface area contributed by atoms with Crippen molar-refractivity contribution in [1.29, 1.82) is 0 Å². The number of hydrogen-bond donors (Lipinski definition) is 1. The Morgan fingerprint density at radius 3 is 2.22 bits per heavy atom. The lowest BCUT2D eigenvalue weighted by atomic mass is 10.3. The molecule has 2 nitrogen and oxygen atoms in total. The quantitative estimate of drug-likeness (QED) is 0.630. The Morgan fingerprint density at radius 2 is 1.56 bits per heavy atom. The summed E-state index contributed by atoms with van der Waals surface area (Å²) < 4.78 is 5.71. The van der Waals surface area contributed by atoms with Crippen LogP contribution in [0.2, 0.25) is 0 Å². The molecule has 0 radical (unpaired) electrons. The van der Waals surface area contributed by atoms with Crippen LogP contribution in [-0.2, 0) is 0 Å². The predicted octanol–water partition coefficient (Wildman–Crippen LogP) is 3.95. The molecular weight excluding hydrogens is 244 g/mol. The van der Waals surface area contributed by atoms with Crippen LogP contribution in [-0.4, -0.2) is 17.5 Å². The first kappa shape index (κ1) is 13.0. The van der Waals surface area contributed by atoms with Gasteiger partial charge in [0.1, 0.15) is 11.5 Å². The molecular formula is C15H16O2S. The fourth-order valence-electron chi connectivity index (χ4n) is 1.48. The average molecular weight is 260 g/mol. The second-order valence-corrected chi connectivity index (χ2v) is 4.98. The first-order chi connectivity index (χ1) is 8.88. The van der Waals surface area contributed by atoms with Crippen LogP contribution in [0.15, 0.2) is 59.5 Å². The zero-order valence-corrected chi connectivity index (χ0v) is 10.9. The van der Waals surface area contributed by atoms with Gasteiger partial charge in [-0.3, -0.25) is 0 Å². The van der Waals surface area contributed by atoms with Gasteiger partial charge in [0.25, 0.3) is 0 Å². The van der Waals surface area contributed by atoms with Crippen molar-refractivity contribution in [1.82, 2.24) is 0 Å². The Morgan fingerprint density at radius 1 is 0.889 bits per heavy atom. The van der Waals surface area contributed by atoms with E-state index >= 15 is 0 Å². The van der Waals surface area contributed by atoms with Gasteiger partial charge in [-0.15, -0.1) is 11.8 Å². The monoisotopic (exact) mass is 260 g/mol. The van der Waals surface area contributed by atoms with Crippen molar-refractivity contribution >= 4 is 11.8 Å². The summed E-state index contributed by atoms with van der Waals surface area (Å²) in [4.78, 5) is 1.20. The van der Waals surface area contributed by atoms with Gasteiger partial charge >= 0.3 is 0 Å². The molecule has 0 amide bonds. The van der Waals surface area contributed by atoms with E-state index in [0.717, 1.165) is 23.7 Å². The summed E-state index contributed by atoms with van der Waals surface area (Å²) >= 11 is 1.74. The maximum atomic E-state index is 8.72. The van der Waals surface area contributed by atoms with Gasteiger partial charge in [-0.2, -0.15) is 0 Å². The lowest BCUT2D eigenvalue weighted by Crippen LogP contribution is -1.86. The van der Waals surface area contributed by atoms with E-state index in [2.05, 4.69) is 0 Å². The van der Waals surface area contributed by atoms with Crippen LogP contribution in [0.5, 0.6) is 11.5 Å². The van der Waals surface area contributed by atoms with Crippen LogP contribution in [0.1, 0.15) is 6.42 Å². The van der Waals surface area contributed by atoms with Crippen LogP contribution < -0.4 is 4.74 Å². The van der Waals surface area contributed by atoms with E-state index in [0.29, 0.717) is 0 Å². The maximum Gasteiger partial charge on any atom is 0.127 e. The molecule has 3 heteroatoms. The highest BCUT2D eigenvalue weighted by Crippen LogP contribution is 2.25. The van der Waals surface area contributed by atoms with Gasteiger partial charge in [-0.1, -0.05) is 18.2 Å². The summed E-state index contributed by atoms with van der Waals surface area (Å²) in [5.74, 6) is 2.63. The number of ether oxygens (including phenoxy) is 1. The lowest BCUT2D eigenvalue weighted by molar-refractivity contribution is 0.296. The zero-order valence-electron chi connectivity index (χ0n) is 10.1. The molecule has 2 aromatic carbocycles. The molecule has 0 aliphatic heterocycles. The molecule has 0 saturated heterocycles. The Hall–Kier alpha value is -1.45. The largest absolute Gasteiger partial charge is 0.457 e. The molecule has 0 bridgehead atoms. The molecule has 18 heavy (non-hydrogen) atoms. The van der Waals surface area contributed by atoms with Crippen LogP contribution in [0.3, 0.4) is 0 Å². The Balaban J connectivity index is 1.91. The highest BCUT2D eigenvalue weighted by molar-refractivity contribution is 7.99. The topological polar surface area (TPSA) is 29.5 Å². The molecule has 0 unspecified atom stereocenters. The Labute approximate surface area is 112 Å². The average Bonchev–Trinajstić information content (AvgIpc) is 2.42. The second-order valence-electron chi connectivity index (χ2n) is 3.81. The van der Waals surface area contributed by atoms with E-state index in [-0.39, 0.29) is 6.61 Å². The third kappa shape index (κ3) is 4.09. The van der Waals surface area contributed by atoms with E-state index in [1.807, 2.05) is 54.6 Å². The van der Waals surface area contributed by atoms with Gasteiger partial charge in [0, 0.05) is 17.3 Å². The van der Waals surface area contributed by atoms with Gasteiger partial charge in [-0.05, 0) is 42.8 Å². The van der Waals surface area contributed by atoms with E-state index in [9.17, 15) is 0 Å². The van der Waals surface area contributed by atoms with Crippen LogP contribution in [0.4, 0.5) is 0 Å². The summed E-state index contributed by atoms with van der Waals surface area (Å²) in [5, 5.41) is 8.72. The van der Waals surface area contributed by atoms with E-state index < -0.39 is 0 Å². The maximum absolute atomic E-state index is 8.72. The normalized spacial score (nSPS) is 10.3. The fraction of sp³-hybridized carbons (Fsp3) is 0.200. The van der Waals surface area contributed by atoms with E-state index in [1.165, 1.54) is 4.90 Å². The molecule has 0 fully saturated rings. The van der Waals surface area contributed by atoms with Crippen LogP contribution in [0, 0.1) is 0 Å². The number of benzene rings is 2. The molecule has 94 valence electrons. The van der Waals surface area contributed by atoms with Crippen molar-refractivity contribution in [2.75, 3.05) is 12.4 Å². The lowest BCUT2D eigenvalue weighted by Gasteiger charge is -2.06. The van der Waals surface area contributed by atoms with Crippen molar-refractivity contribution in [2.45, 2.75) is 11.3 Å². The molecule has 0 atom stereocenters. The highest BCUT2D eigenvalue weighted by atomic mass is 32.2. The van der Waals surface area contributed by atoms with E-state index in [1.54, 1.807) is 11.8 Å². The minimum absolute atomic E-state index is 0.252. The molecule has 1 N–H and O–H groups in total. The van der Waals surface area contributed by atoms with Gasteiger partial charge < -0.3 is 9.84 Å². The number of para-hydroxylation sites is 1. The fourth-order valence-corrected chi connectivity index (χ4v) is 2.32. The second kappa shape index (κ2) is 7.09. The number of rotatable bonds is 6. The van der Waals surface area contributed by atoms with Gasteiger partial charge in [0.2, 0.25) is 0 Å². The standard InChI is InChI=1S/C15H16O2S/c16-11-4-12-18-15-9-7-14(8-10-15)17-13-5-2-1-3-6-13/h1-3,5-10,16H,4,11-12H2. The van der Waals surface area contributed by atoms with Crippen LogP contribution >= 0.6 is 11.8 Å². The predicted molar refractivity (Wildman–Crippen MR) is 75.4 cm³/mol. The molecule has 0 saturated carbocycles. The molecule has 0 aliphatic rings. The van der Waals surface area contributed by atoms with Crippen molar-refractivity contribution < 1.29 is 9.84 Å². The first-order valence-electron chi connectivity index (χ1n) is 5.95. The smallest absolute Gasteiger partial charge is 0.127 e. The summed E-state index contributed by atoms with van der Waals surface area (Å²) in [5.41, 5.74) is 0. The number of thioether (sulfide) groups is 1. The van der Waals surface area contributed by atoms with Crippen molar-refractivity contribution in [3.05, 3.63) is 54.6 Å². The Kier molecular flexibility index (Phi) is 5.12. The highest BCUT2D eigenvalue weighted by Gasteiger charge is 1.98. The van der Waals surface area contributed by atoms with Crippen molar-refractivity contribution in [3.8, 4) is 11.5 Å². The van der Waals surface area contributed by atoms with Gasteiger partial charge in [0.05, 0.1) is 0 Å². The molecule has 0 spiro atoms. The minimum atomic E-state index is 0.252. The van der Waals surface area contributed by atoms with Crippen LogP contribution in [0.25, 0.3) is 0 Å². The first-order valence-corrected chi connectivity index (χ1v) is 6.93. The molecule has 0 heterocycles. The summed E-state index contributed by atoms with van der Waals surface area (Å²) in [6.45, 7) is 0.252. The number of aliphatic hydroxyl groups is 1. The zero-order chi connectivity index (χ0) is 12.6. The summed E-state index contributed by atoms with van der Waals surface area (Å²) in [7, 11) is 0. The van der Waals surface area contributed by atoms with Crippen molar-refractivity contribution in [2.24, 2.45) is 0 Å². The van der Waals surface area contributed by atoms with Gasteiger partial charge in [-0.25, -0.2) is 0 Å². The minimum Gasteiger partial charge on any atom is -0.457 e. The Bertz CT molecular complexity index is 454. The van der Waals surface area contributed by atoms with E-state index in [4.69, 9.17) is 9.84 Å². The number of hydrogen-bond acceptors (Lipinski definition) is 3. The van der Waals surface area contributed by atoms with Gasteiger partial charge in [0.15, 0.2) is 0 Å². The molecule has 2 aromatic rings. The summed E-state index contributed by atoms with van der Waals surface area (Å²) in [6.07, 6.45) is 0.826. The molecule has 2 rings (SSSR count). The molecule has 0 aromatic heterocycles. The van der Waals surface area contributed by atoms with Crippen molar-refractivity contribution in [3.63, 3.8) is 0 Å². The molecule has 0 aliphatic carbocycles. The third-order valence-corrected chi connectivity index (χ3v) is 3.47. The number of aliphatic hydroxyl groups excluding tert-OH is 1.